The Morgan fingerprint density at radius 1 is 0.917 bits per heavy atom. The first-order valence-corrected chi connectivity index (χ1v) is 8.64. The Morgan fingerprint density at radius 2 is 1.62 bits per heavy atom. The molecular weight excluding hydrogens is 296 g/mol. The minimum absolute atomic E-state index is 0.191. The van der Waals surface area contributed by atoms with Crippen LogP contribution in [0.25, 0.3) is 10.9 Å². The summed E-state index contributed by atoms with van der Waals surface area (Å²) >= 11 is 0. The van der Waals surface area contributed by atoms with Crippen molar-refractivity contribution in [2.75, 3.05) is 23.3 Å². The van der Waals surface area contributed by atoms with Crippen molar-refractivity contribution < 1.29 is 0 Å². The minimum Gasteiger partial charge on any atom is -0.363 e. The number of hydrogen-bond acceptors (Lipinski definition) is 4. The Kier molecular flexibility index (Phi) is 4.03. The lowest BCUT2D eigenvalue weighted by Crippen LogP contribution is -2.21. The highest BCUT2D eigenvalue weighted by atomic mass is 15.3. The molecule has 0 amide bonds. The summed E-state index contributed by atoms with van der Waals surface area (Å²) in [5, 5.41) is 4.66. The van der Waals surface area contributed by atoms with Gasteiger partial charge in [0.2, 0.25) is 5.95 Å². The van der Waals surface area contributed by atoms with Gasteiger partial charge in [-0.2, -0.15) is 4.98 Å². The normalized spacial score (nSPS) is 15.6. The van der Waals surface area contributed by atoms with E-state index in [9.17, 15) is 0 Å². The molecule has 3 aromatic rings. The largest absolute Gasteiger partial charge is 0.363 e. The molecule has 24 heavy (non-hydrogen) atoms. The summed E-state index contributed by atoms with van der Waals surface area (Å²) in [4.78, 5) is 11.9. The first-order chi connectivity index (χ1) is 11.8. The average Bonchev–Trinajstić information content (AvgIpc) is 3.17. The maximum atomic E-state index is 4.85. The van der Waals surface area contributed by atoms with Crippen molar-refractivity contribution in [1.82, 2.24) is 9.97 Å². The van der Waals surface area contributed by atoms with Crippen LogP contribution in [0.15, 0.2) is 54.6 Å². The van der Waals surface area contributed by atoms with Crippen molar-refractivity contribution in [2.24, 2.45) is 0 Å². The summed E-state index contributed by atoms with van der Waals surface area (Å²) in [6, 6.07) is 18.9. The molecule has 2 aromatic carbocycles. The Hall–Kier alpha value is -2.62. The third-order valence-electron chi connectivity index (χ3n) is 4.63. The van der Waals surface area contributed by atoms with Gasteiger partial charge in [-0.25, -0.2) is 4.98 Å². The van der Waals surface area contributed by atoms with Gasteiger partial charge in [0, 0.05) is 24.5 Å². The minimum atomic E-state index is 0.191. The molecule has 0 saturated carbocycles. The quantitative estimate of drug-likeness (QED) is 0.774. The molecule has 4 rings (SSSR count). The fourth-order valence-corrected chi connectivity index (χ4v) is 3.26. The van der Waals surface area contributed by atoms with Crippen molar-refractivity contribution in [3.63, 3.8) is 0 Å². The van der Waals surface area contributed by atoms with Crippen LogP contribution in [-0.4, -0.2) is 23.1 Å². The van der Waals surface area contributed by atoms with Crippen LogP contribution in [0, 0.1) is 0 Å². The molecule has 1 saturated heterocycles. The van der Waals surface area contributed by atoms with E-state index in [1.807, 2.05) is 18.2 Å². The lowest BCUT2D eigenvalue weighted by Gasteiger charge is -2.20. The van der Waals surface area contributed by atoms with E-state index in [4.69, 9.17) is 9.97 Å². The van der Waals surface area contributed by atoms with Gasteiger partial charge in [0.05, 0.1) is 5.52 Å². The van der Waals surface area contributed by atoms with Crippen molar-refractivity contribution in [3.05, 3.63) is 60.2 Å². The maximum absolute atomic E-state index is 4.85. The SMILES string of the molecule is CC(Nc1nc(N2CCCC2)nc2ccccc12)c1ccccc1. The lowest BCUT2D eigenvalue weighted by atomic mass is 10.1. The van der Waals surface area contributed by atoms with Gasteiger partial charge >= 0.3 is 0 Å². The maximum Gasteiger partial charge on any atom is 0.227 e. The third-order valence-corrected chi connectivity index (χ3v) is 4.63. The molecule has 1 aromatic heterocycles. The van der Waals surface area contributed by atoms with Gasteiger partial charge in [-0.3, -0.25) is 0 Å². The van der Waals surface area contributed by atoms with E-state index in [0.29, 0.717) is 0 Å². The predicted octanol–water partition coefficient (Wildman–Crippen LogP) is 4.40. The molecule has 1 N–H and O–H groups in total. The summed E-state index contributed by atoms with van der Waals surface area (Å²) in [7, 11) is 0. The molecule has 1 fully saturated rings. The lowest BCUT2D eigenvalue weighted by molar-refractivity contribution is 0.863. The van der Waals surface area contributed by atoms with Crippen molar-refractivity contribution >= 4 is 22.7 Å². The molecule has 0 aliphatic carbocycles. The Balaban J connectivity index is 1.72. The number of fused-ring (bicyclic) bond motifs is 1. The van der Waals surface area contributed by atoms with Crippen molar-refractivity contribution in [1.29, 1.82) is 0 Å². The molecule has 2 heterocycles. The van der Waals surface area contributed by atoms with E-state index in [1.54, 1.807) is 0 Å². The first kappa shape index (κ1) is 14.9. The number of para-hydroxylation sites is 1. The van der Waals surface area contributed by atoms with Gasteiger partial charge in [-0.15, -0.1) is 0 Å². The zero-order valence-corrected chi connectivity index (χ0v) is 13.9. The number of benzene rings is 2. The van der Waals surface area contributed by atoms with Gasteiger partial charge < -0.3 is 10.2 Å². The summed E-state index contributed by atoms with van der Waals surface area (Å²) in [6.07, 6.45) is 2.44. The summed E-state index contributed by atoms with van der Waals surface area (Å²) in [5.74, 6) is 1.76. The van der Waals surface area contributed by atoms with Crippen LogP contribution < -0.4 is 10.2 Å². The highest BCUT2D eigenvalue weighted by molar-refractivity contribution is 5.90. The van der Waals surface area contributed by atoms with Crippen LogP contribution in [0.1, 0.15) is 31.4 Å². The summed E-state index contributed by atoms with van der Waals surface area (Å²) in [5.41, 5.74) is 2.25. The van der Waals surface area contributed by atoms with Crippen LogP contribution in [0.4, 0.5) is 11.8 Å². The van der Waals surface area contributed by atoms with E-state index in [-0.39, 0.29) is 6.04 Å². The standard InChI is InChI=1S/C20H22N4/c1-15(16-9-3-2-4-10-16)21-19-17-11-5-6-12-18(17)22-20(23-19)24-13-7-8-14-24/h2-6,9-12,15H,7-8,13-14H2,1H3,(H,21,22,23). The highest BCUT2D eigenvalue weighted by Gasteiger charge is 2.18. The van der Waals surface area contributed by atoms with E-state index >= 15 is 0 Å². The van der Waals surface area contributed by atoms with Crippen LogP contribution in [-0.2, 0) is 0 Å². The summed E-state index contributed by atoms with van der Waals surface area (Å²) < 4.78 is 0. The molecule has 0 spiro atoms. The van der Waals surface area contributed by atoms with Crippen LogP contribution in [0.5, 0.6) is 0 Å². The second kappa shape index (κ2) is 6.48. The van der Waals surface area contributed by atoms with E-state index < -0.39 is 0 Å². The Morgan fingerprint density at radius 3 is 2.42 bits per heavy atom. The molecule has 122 valence electrons. The number of nitrogens with zero attached hydrogens (tertiary/aromatic N) is 3. The van der Waals surface area contributed by atoms with Crippen molar-refractivity contribution in [3.8, 4) is 0 Å². The molecule has 1 aliphatic rings. The van der Waals surface area contributed by atoms with Crippen molar-refractivity contribution in [2.45, 2.75) is 25.8 Å². The zero-order valence-electron chi connectivity index (χ0n) is 13.9. The molecule has 4 nitrogen and oxygen atoms in total. The van der Waals surface area contributed by atoms with E-state index in [0.717, 1.165) is 35.8 Å². The molecule has 0 bridgehead atoms. The molecule has 0 radical (unpaired) electrons. The second-order valence-electron chi connectivity index (χ2n) is 6.36. The number of nitrogens with one attached hydrogen (secondary N) is 1. The fourth-order valence-electron chi connectivity index (χ4n) is 3.26. The van der Waals surface area contributed by atoms with Crippen LogP contribution in [0.2, 0.25) is 0 Å². The zero-order chi connectivity index (χ0) is 16.4. The second-order valence-corrected chi connectivity index (χ2v) is 6.36. The number of anilines is 2. The molecular formula is C20H22N4. The van der Waals surface area contributed by atoms with E-state index in [1.165, 1.54) is 18.4 Å². The van der Waals surface area contributed by atoms with E-state index in [2.05, 4.69) is 53.5 Å². The topological polar surface area (TPSA) is 41.1 Å². The average molecular weight is 318 g/mol. The summed E-state index contributed by atoms with van der Waals surface area (Å²) in [6.45, 7) is 4.26. The van der Waals surface area contributed by atoms with Gasteiger partial charge in [0.1, 0.15) is 5.82 Å². The van der Waals surface area contributed by atoms with Gasteiger partial charge in [0.25, 0.3) is 0 Å². The molecule has 4 heteroatoms. The fraction of sp³-hybridized carbons (Fsp3) is 0.300. The molecule has 1 atom stereocenters. The monoisotopic (exact) mass is 318 g/mol. The van der Waals surface area contributed by atoms with Crippen LogP contribution in [0.3, 0.4) is 0 Å². The number of rotatable bonds is 4. The van der Waals surface area contributed by atoms with Gasteiger partial charge in [-0.05, 0) is 37.5 Å². The third kappa shape index (κ3) is 2.92. The Bertz CT molecular complexity index is 825. The first-order valence-electron chi connectivity index (χ1n) is 8.64. The number of hydrogen-bond donors (Lipinski definition) is 1. The number of aromatic nitrogens is 2. The molecule has 1 unspecified atom stereocenters. The predicted molar refractivity (Wildman–Crippen MR) is 99.5 cm³/mol. The smallest absolute Gasteiger partial charge is 0.227 e. The van der Waals surface area contributed by atoms with Gasteiger partial charge in [0.15, 0.2) is 0 Å². The van der Waals surface area contributed by atoms with Gasteiger partial charge in [-0.1, -0.05) is 42.5 Å². The highest BCUT2D eigenvalue weighted by Crippen LogP contribution is 2.28. The molecule has 1 aliphatic heterocycles. The Labute approximate surface area is 142 Å². The van der Waals surface area contributed by atoms with Crippen LogP contribution >= 0.6 is 0 Å².